The van der Waals surface area contributed by atoms with Crippen LogP contribution in [0.25, 0.3) is 0 Å². The summed E-state index contributed by atoms with van der Waals surface area (Å²) in [6.07, 6.45) is 0. The van der Waals surface area contributed by atoms with Crippen LogP contribution in [0.3, 0.4) is 0 Å². The second-order valence-corrected chi connectivity index (χ2v) is 8.07. The summed E-state index contributed by atoms with van der Waals surface area (Å²) in [5.41, 5.74) is 5.25. The van der Waals surface area contributed by atoms with Crippen LogP contribution in [0.4, 0.5) is 5.69 Å². The van der Waals surface area contributed by atoms with Crippen molar-refractivity contribution in [1.82, 2.24) is 5.43 Å². The number of nitrogens with zero attached hydrogens (tertiary/aromatic N) is 2. The number of halogens is 1. The molecule has 0 atom stereocenters. The highest BCUT2D eigenvalue weighted by Crippen LogP contribution is 2.29. The van der Waals surface area contributed by atoms with Crippen molar-refractivity contribution in [2.45, 2.75) is 33.1 Å². The first kappa shape index (κ1) is 21.6. The zero-order valence-electron chi connectivity index (χ0n) is 16.2. The number of carbonyl (C=O) groups is 1. The van der Waals surface area contributed by atoms with E-state index in [0.29, 0.717) is 15.9 Å². The summed E-state index contributed by atoms with van der Waals surface area (Å²) in [7, 11) is 0. The summed E-state index contributed by atoms with van der Waals surface area (Å²) < 4.78 is 5.77. The molecule has 0 unspecified atom stereocenters. The second-order valence-electron chi connectivity index (χ2n) is 7.22. The fraction of sp³-hybridized carbons (Fsp3) is 0.300. The van der Waals surface area contributed by atoms with Crippen LogP contribution in [0.2, 0.25) is 0 Å². The second kappa shape index (κ2) is 8.97. The lowest BCUT2D eigenvalue weighted by Gasteiger charge is -2.19. The van der Waals surface area contributed by atoms with Crippen molar-refractivity contribution in [2.75, 3.05) is 6.61 Å². The van der Waals surface area contributed by atoms with E-state index in [0.717, 1.165) is 5.56 Å². The number of nitro benzene ring substituents is 1. The van der Waals surface area contributed by atoms with Gasteiger partial charge < -0.3 is 4.74 Å². The summed E-state index contributed by atoms with van der Waals surface area (Å²) in [5.74, 6) is -0.102. The largest absolute Gasteiger partial charge is 0.483 e. The highest BCUT2D eigenvalue weighted by molar-refractivity contribution is 9.10. The standard InChI is InChI=1S/C20H22BrN3O4/c1-13(14-5-7-15(8-6-14)20(2,3)4)22-23-19(25)12-28-18-10-9-16(24(26)27)11-17(18)21/h5-11H,12H2,1-4H3,(H,23,25)/b22-13-. The monoisotopic (exact) mass is 447 g/mol. The molecule has 0 aliphatic carbocycles. The summed E-state index contributed by atoms with van der Waals surface area (Å²) in [4.78, 5) is 22.2. The fourth-order valence-corrected chi connectivity index (χ4v) is 2.80. The minimum atomic E-state index is -0.507. The van der Waals surface area contributed by atoms with Crippen molar-refractivity contribution in [2.24, 2.45) is 5.10 Å². The lowest BCUT2D eigenvalue weighted by atomic mass is 9.86. The van der Waals surface area contributed by atoms with Crippen molar-refractivity contribution < 1.29 is 14.5 Å². The molecule has 0 aliphatic heterocycles. The van der Waals surface area contributed by atoms with Gasteiger partial charge in [-0.05, 0) is 45.5 Å². The van der Waals surface area contributed by atoms with Gasteiger partial charge in [-0.15, -0.1) is 0 Å². The van der Waals surface area contributed by atoms with Gasteiger partial charge in [-0.2, -0.15) is 5.10 Å². The molecule has 0 fully saturated rings. The average Bonchev–Trinajstić information content (AvgIpc) is 2.64. The Morgan fingerprint density at radius 3 is 2.39 bits per heavy atom. The van der Waals surface area contributed by atoms with Gasteiger partial charge in [-0.25, -0.2) is 5.43 Å². The van der Waals surface area contributed by atoms with Gasteiger partial charge in [0.1, 0.15) is 5.75 Å². The first-order valence-corrected chi connectivity index (χ1v) is 9.38. The van der Waals surface area contributed by atoms with E-state index in [2.05, 4.69) is 47.2 Å². The molecule has 1 N–H and O–H groups in total. The molecule has 28 heavy (non-hydrogen) atoms. The number of hydrazone groups is 1. The number of hydrogen-bond donors (Lipinski definition) is 1. The predicted octanol–water partition coefficient (Wildman–Crippen LogP) is 4.57. The summed E-state index contributed by atoms with van der Waals surface area (Å²) in [5, 5.41) is 14.8. The van der Waals surface area contributed by atoms with Gasteiger partial charge in [-0.1, -0.05) is 45.0 Å². The van der Waals surface area contributed by atoms with Gasteiger partial charge in [0, 0.05) is 12.1 Å². The van der Waals surface area contributed by atoms with Gasteiger partial charge >= 0.3 is 0 Å². The van der Waals surface area contributed by atoms with Crippen LogP contribution in [0.1, 0.15) is 38.8 Å². The molecule has 0 aromatic heterocycles. The predicted molar refractivity (Wildman–Crippen MR) is 112 cm³/mol. The quantitative estimate of drug-likeness (QED) is 0.398. The smallest absolute Gasteiger partial charge is 0.277 e. The molecule has 2 rings (SSSR count). The summed E-state index contributed by atoms with van der Waals surface area (Å²) >= 11 is 3.19. The van der Waals surface area contributed by atoms with E-state index in [1.54, 1.807) is 6.92 Å². The SMILES string of the molecule is C/C(=N/NC(=O)COc1ccc([N+](=O)[O-])cc1Br)c1ccc(C(C)(C)C)cc1. The van der Waals surface area contributed by atoms with Crippen LogP contribution in [-0.4, -0.2) is 23.1 Å². The molecule has 1 amide bonds. The minimum Gasteiger partial charge on any atom is -0.483 e. The van der Waals surface area contributed by atoms with E-state index in [1.807, 2.05) is 24.3 Å². The van der Waals surface area contributed by atoms with E-state index in [4.69, 9.17) is 4.74 Å². The summed E-state index contributed by atoms with van der Waals surface area (Å²) in [6, 6.07) is 12.1. The lowest BCUT2D eigenvalue weighted by Crippen LogP contribution is -2.25. The molecule has 0 bridgehead atoms. The van der Waals surface area contributed by atoms with Crippen molar-refractivity contribution in [1.29, 1.82) is 0 Å². The Labute approximate surface area is 172 Å². The maximum Gasteiger partial charge on any atom is 0.277 e. The van der Waals surface area contributed by atoms with Crippen LogP contribution in [0.5, 0.6) is 5.75 Å². The van der Waals surface area contributed by atoms with E-state index in [9.17, 15) is 14.9 Å². The number of rotatable bonds is 6. The third-order valence-electron chi connectivity index (χ3n) is 4.00. The average molecular weight is 448 g/mol. The molecular weight excluding hydrogens is 426 g/mol. The van der Waals surface area contributed by atoms with E-state index in [-0.39, 0.29) is 17.7 Å². The van der Waals surface area contributed by atoms with Crippen molar-refractivity contribution >= 4 is 33.2 Å². The van der Waals surface area contributed by atoms with E-state index < -0.39 is 10.8 Å². The van der Waals surface area contributed by atoms with Crippen molar-refractivity contribution in [3.05, 3.63) is 68.2 Å². The number of nitrogens with one attached hydrogen (secondary N) is 1. The van der Waals surface area contributed by atoms with Gasteiger partial charge in [0.15, 0.2) is 6.61 Å². The van der Waals surface area contributed by atoms with Gasteiger partial charge in [-0.3, -0.25) is 14.9 Å². The third kappa shape index (κ3) is 5.88. The Bertz CT molecular complexity index is 903. The number of amides is 1. The van der Waals surface area contributed by atoms with E-state index in [1.165, 1.54) is 23.8 Å². The molecule has 0 saturated heterocycles. The maximum atomic E-state index is 12.0. The fourth-order valence-electron chi connectivity index (χ4n) is 2.32. The number of hydrogen-bond acceptors (Lipinski definition) is 5. The van der Waals surface area contributed by atoms with Gasteiger partial charge in [0.05, 0.1) is 15.1 Å². The normalized spacial score (nSPS) is 11.8. The van der Waals surface area contributed by atoms with Crippen molar-refractivity contribution in [3.63, 3.8) is 0 Å². The van der Waals surface area contributed by atoms with Crippen molar-refractivity contribution in [3.8, 4) is 5.75 Å². The van der Waals surface area contributed by atoms with E-state index >= 15 is 0 Å². The molecule has 148 valence electrons. The number of non-ortho nitro benzene ring substituents is 1. The number of benzene rings is 2. The third-order valence-corrected chi connectivity index (χ3v) is 4.62. The molecule has 0 spiro atoms. The van der Waals surface area contributed by atoms with Crippen LogP contribution < -0.4 is 10.2 Å². The van der Waals surface area contributed by atoms with Gasteiger partial charge in [0.25, 0.3) is 11.6 Å². The first-order chi connectivity index (χ1) is 13.1. The Balaban J connectivity index is 1.93. The summed E-state index contributed by atoms with van der Waals surface area (Å²) in [6.45, 7) is 7.97. The number of ether oxygens (including phenoxy) is 1. The Morgan fingerprint density at radius 1 is 1.21 bits per heavy atom. The molecule has 2 aromatic rings. The number of carbonyl (C=O) groups excluding carboxylic acids is 1. The molecule has 2 aromatic carbocycles. The van der Waals surface area contributed by atoms with Crippen LogP contribution in [-0.2, 0) is 10.2 Å². The molecule has 0 saturated carbocycles. The molecule has 0 radical (unpaired) electrons. The molecule has 8 heteroatoms. The Hall–Kier alpha value is -2.74. The maximum absolute atomic E-state index is 12.0. The first-order valence-electron chi connectivity index (χ1n) is 8.58. The Kier molecular flexibility index (Phi) is 6.90. The minimum absolute atomic E-state index is 0.0682. The molecule has 0 aliphatic rings. The topological polar surface area (TPSA) is 93.8 Å². The highest BCUT2D eigenvalue weighted by Gasteiger charge is 2.14. The Morgan fingerprint density at radius 2 is 1.86 bits per heavy atom. The van der Waals surface area contributed by atoms with Crippen LogP contribution in [0.15, 0.2) is 52.0 Å². The zero-order valence-corrected chi connectivity index (χ0v) is 17.7. The van der Waals surface area contributed by atoms with Crippen LogP contribution >= 0.6 is 15.9 Å². The molecule has 7 nitrogen and oxygen atoms in total. The zero-order chi connectivity index (χ0) is 20.9. The number of nitro groups is 1. The lowest BCUT2D eigenvalue weighted by molar-refractivity contribution is -0.384. The van der Waals surface area contributed by atoms with Gasteiger partial charge in [0.2, 0.25) is 0 Å². The molecular formula is C20H22BrN3O4. The van der Waals surface area contributed by atoms with Crippen LogP contribution in [0, 0.1) is 10.1 Å². The highest BCUT2D eigenvalue weighted by atomic mass is 79.9. The molecule has 0 heterocycles.